The van der Waals surface area contributed by atoms with E-state index < -0.39 is 11.6 Å². The molecule has 0 aliphatic carbocycles. The van der Waals surface area contributed by atoms with E-state index in [9.17, 15) is 8.78 Å². The minimum atomic E-state index is -0.625. The Morgan fingerprint density at radius 3 is 2.62 bits per heavy atom. The first-order chi connectivity index (χ1) is 6.20. The topological polar surface area (TPSA) is 35.2 Å². The molecule has 72 valence electrons. The molecule has 1 rings (SSSR count). The SMILES string of the molecule is CCc1ccc(F)c(CON)c1F. The van der Waals surface area contributed by atoms with Gasteiger partial charge in [-0.15, -0.1) is 0 Å². The molecule has 0 bridgehead atoms. The number of aryl methyl sites for hydroxylation is 1. The first-order valence-electron chi connectivity index (χ1n) is 3.98. The number of rotatable bonds is 3. The second kappa shape index (κ2) is 4.30. The molecule has 0 aliphatic heterocycles. The second-order valence-electron chi connectivity index (χ2n) is 2.66. The third kappa shape index (κ3) is 2.02. The molecule has 2 N–H and O–H groups in total. The van der Waals surface area contributed by atoms with Gasteiger partial charge in [0.25, 0.3) is 0 Å². The molecule has 0 saturated heterocycles. The third-order valence-electron chi connectivity index (χ3n) is 1.87. The summed E-state index contributed by atoms with van der Waals surface area (Å²) < 4.78 is 26.3. The van der Waals surface area contributed by atoms with E-state index in [0.29, 0.717) is 12.0 Å². The van der Waals surface area contributed by atoms with Crippen molar-refractivity contribution in [3.63, 3.8) is 0 Å². The van der Waals surface area contributed by atoms with Gasteiger partial charge in [0.15, 0.2) is 0 Å². The molecule has 0 unspecified atom stereocenters. The van der Waals surface area contributed by atoms with E-state index in [4.69, 9.17) is 5.90 Å². The summed E-state index contributed by atoms with van der Waals surface area (Å²) >= 11 is 0. The minimum absolute atomic E-state index is 0.109. The van der Waals surface area contributed by atoms with Crippen molar-refractivity contribution in [2.45, 2.75) is 20.0 Å². The minimum Gasteiger partial charge on any atom is -0.300 e. The molecular weight excluding hydrogens is 176 g/mol. The summed E-state index contributed by atoms with van der Waals surface area (Å²) in [5.74, 6) is 3.57. The first-order valence-corrected chi connectivity index (χ1v) is 3.98. The highest BCUT2D eigenvalue weighted by molar-refractivity contribution is 5.27. The molecular formula is C9H11F2NO. The van der Waals surface area contributed by atoms with Crippen LogP contribution in [0.5, 0.6) is 0 Å². The Kier molecular flexibility index (Phi) is 3.33. The zero-order chi connectivity index (χ0) is 9.84. The van der Waals surface area contributed by atoms with E-state index in [1.807, 2.05) is 0 Å². The number of hydrogen-bond donors (Lipinski definition) is 1. The standard InChI is InChI=1S/C9H11F2NO/c1-2-6-3-4-8(10)7(5-13-12)9(6)11/h3-4H,2,5,12H2,1H3. The Bertz CT molecular complexity index is 302. The molecule has 1 aromatic rings. The van der Waals surface area contributed by atoms with Crippen LogP contribution in [0.25, 0.3) is 0 Å². The average Bonchev–Trinajstić information content (AvgIpc) is 2.12. The van der Waals surface area contributed by atoms with Crippen molar-refractivity contribution in [3.05, 3.63) is 34.9 Å². The highest BCUT2D eigenvalue weighted by atomic mass is 19.1. The largest absolute Gasteiger partial charge is 0.300 e. The van der Waals surface area contributed by atoms with Crippen LogP contribution in [0.4, 0.5) is 8.78 Å². The lowest BCUT2D eigenvalue weighted by Crippen LogP contribution is -2.05. The fraction of sp³-hybridized carbons (Fsp3) is 0.333. The number of halogens is 2. The van der Waals surface area contributed by atoms with E-state index in [2.05, 4.69) is 4.84 Å². The lowest BCUT2D eigenvalue weighted by atomic mass is 10.1. The molecule has 0 amide bonds. The molecule has 2 nitrogen and oxygen atoms in total. The van der Waals surface area contributed by atoms with Crippen molar-refractivity contribution in [1.29, 1.82) is 0 Å². The zero-order valence-corrected chi connectivity index (χ0v) is 7.31. The van der Waals surface area contributed by atoms with Crippen LogP contribution >= 0.6 is 0 Å². The summed E-state index contributed by atoms with van der Waals surface area (Å²) in [7, 11) is 0. The van der Waals surface area contributed by atoms with Crippen LogP contribution < -0.4 is 5.90 Å². The van der Waals surface area contributed by atoms with E-state index in [-0.39, 0.29) is 12.2 Å². The highest BCUT2D eigenvalue weighted by Gasteiger charge is 2.11. The molecule has 0 saturated carbocycles. The van der Waals surface area contributed by atoms with E-state index in [1.54, 1.807) is 6.92 Å². The predicted molar refractivity (Wildman–Crippen MR) is 44.7 cm³/mol. The quantitative estimate of drug-likeness (QED) is 0.733. The van der Waals surface area contributed by atoms with Crippen LogP contribution in [-0.4, -0.2) is 0 Å². The van der Waals surface area contributed by atoms with E-state index in [1.165, 1.54) is 12.1 Å². The van der Waals surface area contributed by atoms with Gasteiger partial charge in [-0.2, -0.15) is 0 Å². The maximum Gasteiger partial charge on any atom is 0.134 e. The van der Waals surface area contributed by atoms with Crippen molar-refractivity contribution in [1.82, 2.24) is 0 Å². The molecule has 0 fully saturated rings. The second-order valence-corrected chi connectivity index (χ2v) is 2.66. The maximum atomic E-state index is 13.3. The van der Waals surface area contributed by atoms with Gasteiger partial charge in [-0.1, -0.05) is 13.0 Å². The summed E-state index contributed by atoms with van der Waals surface area (Å²) in [4.78, 5) is 4.21. The predicted octanol–water partition coefficient (Wildman–Crippen LogP) is 1.92. The number of nitrogens with two attached hydrogens (primary N) is 1. The molecule has 13 heavy (non-hydrogen) atoms. The third-order valence-corrected chi connectivity index (χ3v) is 1.87. The molecule has 0 spiro atoms. The van der Waals surface area contributed by atoms with Gasteiger partial charge in [-0.25, -0.2) is 14.7 Å². The lowest BCUT2D eigenvalue weighted by molar-refractivity contribution is 0.118. The molecule has 1 aromatic carbocycles. The first kappa shape index (κ1) is 10.1. The van der Waals surface area contributed by atoms with Crippen LogP contribution in [0.15, 0.2) is 12.1 Å². The van der Waals surface area contributed by atoms with E-state index in [0.717, 1.165) is 0 Å². The summed E-state index contributed by atoms with van der Waals surface area (Å²) in [6.45, 7) is 1.55. The van der Waals surface area contributed by atoms with Crippen molar-refractivity contribution in [2.75, 3.05) is 0 Å². The van der Waals surface area contributed by atoms with Crippen LogP contribution in [0, 0.1) is 11.6 Å². The van der Waals surface area contributed by atoms with Crippen LogP contribution in [0.2, 0.25) is 0 Å². The Morgan fingerprint density at radius 1 is 1.38 bits per heavy atom. The van der Waals surface area contributed by atoms with Gasteiger partial charge in [0.1, 0.15) is 11.6 Å². The zero-order valence-electron chi connectivity index (χ0n) is 7.31. The van der Waals surface area contributed by atoms with Gasteiger partial charge >= 0.3 is 0 Å². The Balaban J connectivity index is 3.13. The van der Waals surface area contributed by atoms with Crippen LogP contribution in [0.3, 0.4) is 0 Å². The van der Waals surface area contributed by atoms with Gasteiger partial charge < -0.3 is 0 Å². The van der Waals surface area contributed by atoms with E-state index >= 15 is 0 Å². The van der Waals surface area contributed by atoms with Crippen LogP contribution in [0.1, 0.15) is 18.1 Å². The summed E-state index contributed by atoms with van der Waals surface area (Å²) in [5, 5.41) is 0. The van der Waals surface area contributed by atoms with Crippen molar-refractivity contribution >= 4 is 0 Å². The molecule has 0 aromatic heterocycles. The highest BCUT2D eigenvalue weighted by Crippen LogP contribution is 2.17. The smallest absolute Gasteiger partial charge is 0.134 e. The van der Waals surface area contributed by atoms with Crippen molar-refractivity contribution < 1.29 is 13.6 Å². The van der Waals surface area contributed by atoms with Gasteiger partial charge in [0.2, 0.25) is 0 Å². The normalized spacial score (nSPS) is 10.5. The maximum absolute atomic E-state index is 13.3. The fourth-order valence-corrected chi connectivity index (χ4v) is 1.13. The number of hydrogen-bond acceptors (Lipinski definition) is 2. The lowest BCUT2D eigenvalue weighted by Gasteiger charge is -2.06. The Morgan fingerprint density at radius 2 is 2.08 bits per heavy atom. The Hall–Kier alpha value is -1.00. The summed E-state index contributed by atoms with van der Waals surface area (Å²) in [6, 6.07) is 2.64. The van der Waals surface area contributed by atoms with Gasteiger partial charge in [-0.05, 0) is 18.1 Å². The molecule has 0 atom stereocenters. The Labute approximate surface area is 75.3 Å². The van der Waals surface area contributed by atoms with Crippen molar-refractivity contribution in [2.24, 2.45) is 5.90 Å². The fourth-order valence-electron chi connectivity index (χ4n) is 1.13. The van der Waals surface area contributed by atoms with Crippen molar-refractivity contribution in [3.8, 4) is 0 Å². The van der Waals surface area contributed by atoms with Crippen LogP contribution in [-0.2, 0) is 17.9 Å². The van der Waals surface area contributed by atoms with Gasteiger partial charge in [-0.3, -0.25) is 4.84 Å². The van der Waals surface area contributed by atoms with Gasteiger partial charge in [0.05, 0.1) is 12.2 Å². The summed E-state index contributed by atoms with van der Waals surface area (Å²) in [5.41, 5.74) is 0.357. The average molecular weight is 187 g/mol. The molecule has 0 heterocycles. The molecule has 0 radical (unpaired) electrons. The molecule has 4 heteroatoms. The number of benzene rings is 1. The summed E-state index contributed by atoms with van der Waals surface area (Å²) in [6.07, 6.45) is 0.518. The molecule has 0 aliphatic rings. The monoisotopic (exact) mass is 187 g/mol. The van der Waals surface area contributed by atoms with Gasteiger partial charge in [0, 0.05) is 0 Å².